The summed E-state index contributed by atoms with van der Waals surface area (Å²) in [6.07, 6.45) is 2.51. The van der Waals surface area contributed by atoms with Crippen LogP contribution >= 0.6 is 15.9 Å². The number of aliphatic carboxylic acids is 1. The van der Waals surface area contributed by atoms with Gasteiger partial charge in [-0.25, -0.2) is 0 Å². The molecule has 0 heterocycles. The smallest absolute Gasteiger partial charge is 0.311 e. The molecule has 1 unspecified atom stereocenters. The van der Waals surface area contributed by atoms with E-state index in [2.05, 4.69) is 21.2 Å². The van der Waals surface area contributed by atoms with E-state index in [4.69, 9.17) is 0 Å². The average molecular weight is 298 g/mol. The second kappa shape index (κ2) is 4.78. The molecule has 1 aromatic rings. The third kappa shape index (κ3) is 2.11. The molecule has 92 valence electrons. The maximum atomic E-state index is 11.5. The first-order chi connectivity index (χ1) is 8.10. The van der Waals surface area contributed by atoms with Gasteiger partial charge in [0.15, 0.2) is 0 Å². The number of halogens is 1. The fourth-order valence-corrected chi connectivity index (χ4v) is 2.87. The summed E-state index contributed by atoms with van der Waals surface area (Å²) in [5.74, 6) is -0.689. The van der Waals surface area contributed by atoms with E-state index < -0.39 is 11.4 Å². The summed E-state index contributed by atoms with van der Waals surface area (Å²) in [5, 5.41) is 12.6. The zero-order valence-electron chi connectivity index (χ0n) is 9.74. The SMILES string of the molecule is CNC(c1ccc(Br)cc1)C1(C(=O)O)CCC1. The Hall–Kier alpha value is -0.870. The molecule has 1 fully saturated rings. The summed E-state index contributed by atoms with van der Waals surface area (Å²) in [6.45, 7) is 0. The van der Waals surface area contributed by atoms with Gasteiger partial charge in [-0.3, -0.25) is 4.79 Å². The molecule has 1 saturated carbocycles. The second-order valence-electron chi connectivity index (χ2n) is 4.59. The van der Waals surface area contributed by atoms with E-state index in [9.17, 15) is 9.90 Å². The molecule has 2 rings (SSSR count). The third-order valence-corrected chi connectivity index (χ3v) is 4.24. The molecule has 0 bridgehead atoms. The van der Waals surface area contributed by atoms with Gasteiger partial charge in [0.1, 0.15) is 0 Å². The van der Waals surface area contributed by atoms with E-state index in [0.717, 1.165) is 29.3 Å². The van der Waals surface area contributed by atoms with Crippen LogP contribution in [0.1, 0.15) is 30.9 Å². The largest absolute Gasteiger partial charge is 0.481 e. The molecular formula is C13H16BrNO2. The van der Waals surface area contributed by atoms with Gasteiger partial charge in [-0.05, 0) is 37.6 Å². The lowest BCUT2D eigenvalue weighted by molar-refractivity contribution is -0.157. The molecule has 2 N–H and O–H groups in total. The van der Waals surface area contributed by atoms with Crippen molar-refractivity contribution in [2.75, 3.05) is 7.05 Å². The summed E-state index contributed by atoms with van der Waals surface area (Å²) < 4.78 is 1.01. The molecule has 1 atom stereocenters. The van der Waals surface area contributed by atoms with Crippen molar-refractivity contribution in [1.29, 1.82) is 0 Å². The Labute approximate surface area is 109 Å². The molecule has 0 radical (unpaired) electrons. The van der Waals surface area contributed by atoms with Gasteiger partial charge in [-0.2, -0.15) is 0 Å². The third-order valence-electron chi connectivity index (χ3n) is 3.72. The highest BCUT2D eigenvalue weighted by molar-refractivity contribution is 9.10. The van der Waals surface area contributed by atoms with Crippen LogP contribution < -0.4 is 5.32 Å². The quantitative estimate of drug-likeness (QED) is 0.898. The monoisotopic (exact) mass is 297 g/mol. The van der Waals surface area contributed by atoms with Crippen molar-refractivity contribution in [3.05, 3.63) is 34.3 Å². The first-order valence-electron chi connectivity index (χ1n) is 5.76. The predicted octanol–water partition coefficient (Wildman–Crippen LogP) is 2.96. The standard InChI is InChI=1S/C13H16BrNO2/c1-15-11(9-3-5-10(14)6-4-9)13(12(16)17)7-2-8-13/h3-6,11,15H,2,7-8H2,1H3,(H,16,17). The highest BCUT2D eigenvalue weighted by atomic mass is 79.9. The van der Waals surface area contributed by atoms with E-state index in [1.54, 1.807) is 0 Å². The van der Waals surface area contributed by atoms with Crippen LogP contribution in [0.3, 0.4) is 0 Å². The minimum Gasteiger partial charge on any atom is -0.481 e. The van der Waals surface area contributed by atoms with Crippen molar-refractivity contribution < 1.29 is 9.90 Å². The van der Waals surface area contributed by atoms with Gasteiger partial charge in [-0.1, -0.05) is 34.5 Å². The minimum absolute atomic E-state index is 0.109. The van der Waals surface area contributed by atoms with Crippen molar-refractivity contribution in [2.24, 2.45) is 5.41 Å². The van der Waals surface area contributed by atoms with Crippen LogP contribution in [0.25, 0.3) is 0 Å². The fourth-order valence-electron chi connectivity index (χ4n) is 2.60. The molecule has 0 aromatic heterocycles. The molecule has 17 heavy (non-hydrogen) atoms. The molecule has 1 aliphatic carbocycles. The number of carboxylic acids is 1. The maximum Gasteiger partial charge on any atom is 0.311 e. The number of hydrogen-bond acceptors (Lipinski definition) is 2. The fraction of sp³-hybridized carbons (Fsp3) is 0.462. The van der Waals surface area contributed by atoms with Crippen LogP contribution in [-0.4, -0.2) is 18.1 Å². The van der Waals surface area contributed by atoms with E-state index >= 15 is 0 Å². The molecule has 1 aliphatic rings. The summed E-state index contributed by atoms with van der Waals surface area (Å²) in [6, 6.07) is 7.76. The Morgan fingerprint density at radius 1 is 1.41 bits per heavy atom. The molecule has 0 aliphatic heterocycles. The zero-order valence-corrected chi connectivity index (χ0v) is 11.3. The zero-order chi connectivity index (χ0) is 12.5. The van der Waals surface area contributed by atoms with E-state index in [1.165, 1.54) is 0 Å². The van der Waals surface area contributed by atoms with Gasteiger partial charge in [0.05, 0.1) is 5.41 Å². The van der Waals surface area contributed by atoms with E-state index in [0.29, 0.717) is 0 Å². The van der Waals surface area contributed by atoms with Gasteiger partial charge < -0.3 is 10.4 Å². The average Bonchev–Trinajstić information content (AvgIpc) is 2.24. The molecule has 0 amide bonds. The maximum absolute atomic E-state index is 11.5. The highest BCUT2D eigenvalue weighted by Gasteiger charge is 2.50. The van der Waals surface area contributed by atoms with Crippen LogP contribution in [-0.2, 0) is 4.79 Å². The van der Waals surface area contributed by atoms with Crippen molar-refractivity contribution in [3.8, 4) is 0 Å². The normalized spacial score (nSPS) is 19.4. The number of hydrogen-bond donors (Lipinski definition) is 2. The van der Waals surface area contributed by atoms with Gasteiger partial charge in [0, 0.05) is 10.5 Å². The summed E-state index contributed by atoms with van der Waals surface area (Å²) in [4.78, 5) is 11.5. The van der Waals surface area contributed by atoms with E-state index in [-0.39, 0.29) is 6.04 Å². The number of carbonyl (C=O) groups is 1. The molecule has 4 heteroatoms. The van der Waals surface area contributed by atoms with Gasteiger partial charge in [-0.15, -0.1) is 0 Å². The van der Waals surface area contributed by atoms with Crippen LogP contribution in [0.5, 0.6) is 0 Å². The van der Waals surface area contributed by atoms with Crippen LogP contribution in [0.15, 0.2) is 28.7 Å². The Balaban J connectivity index is 2.32. The lowest BCUT2D eigenvalue weighted by atomic mass is 9.62. The lowest BCUT2D eigenvalue weighted by Gasteiger charge is -2.44. The predicted molar refractivity (Wildman–Crippen MR) is 69.9 cm³/mol. The Morgan fingerprint density at radius 3 is 2.35 bits per heavy atom. The number of nitrogens with one attached hydrogen (secondary N) is 1. The Morgan fingerprint density at radius 2 is 2.00 bits per heavy atom. The Kier molecular flexibility index (Phi) is 3.54. The number of rotatable bonds is 4. The van der Waals surface area contributed by atoms with Crippen molar-refractivity contribution in [3.63, 3.8) is 0 Å². The molecule has 0 spiro atoms. The van der Waals surface area contributed by atoms with Crippen LogP contribution in [0, 0.1) is 5.41 Å². The number of benzene rings is 1. The van der Waals surface area contributed by atoms with Crippen LogP contribution in [0.4, 0.5) is 0 Å². The van der Waals surface area contributed by atoms with Crippen molar-refractivity contribution in [1.82, 2.24) is 5.32 Å². The van der Waals surface area contributed by atoms with Crippen LogP contribution in [0.2, 0.25) is 0 Å². The minimum atomic E-state index is -0.689. The Bertz CT molecular complexity index is 412. The second-order valence-corrected chi connectivity index (χ2v) is 5.50. The van der Waals surface area contributed by atoms with Gasteiger partial charge in [0.25, 0.3) is 0 Å². The molecule has 1 aromatic carbocycles. The molecule has 0 saturated heterocycles. The first kappa shape index (κ1) is 12.6. The summed E-state index contributed by atoms with van der Waals surface area (Å²) >= 11 is 3.39. The summed E-state index contributed by atoms with van der Waals surface area (Å²) in [7, 11) is 1.83. The van der Waals surface area contributed by atoms with E-state index in [1.807, 2.05) is 31.3 Å². The number of carboxylic acid groups (broad SMARTS) is 1. The van der Waals surface area contributed by atoms with Gasteiger partial charge in [0.2, 0.25) is 0 Å². The van der Waals surface area contributed by atoms with Gasteiger partial charge >= 0.3 is 5.97 Å². The first-order valence-corrected chi connectivity index (χ1v) is 6.55. The van der Waals surface area contributed by atoms with Crippen molar-refractivity contribution >= 4 is 21.9 Å². The highest BCUT2D eigenvalue weighted by Crippen LogP contribution is 2.50. The topological polar surface area (TPSA) is 49.3 Å². The van der Waals surface area contributed by atoms with Crippen molar-refractivity contribution in [2.45, 2.75) is 25.3 Å². The lowest BCUT2D eigenvalue weighted by Crippen LogP contribution is -2.47. The molecular weight excluding hydrogens is 282 g/mol. The molecule has 3 nitrogen and oxygen atoms in total. The summed E-state index contributed by atoms with van der Waals surface area (Å²) in [5.41, 5.74) is 0.417.